The van der Waals surface area contributed by atoms with Gasteiger partial charge in [0.1, 0.15) is 11.9 Å². The predicted molar refractivity (Wildman–Crippen MR) is 60.0 cm³/mol. The summed E-state index contributed by atoms with van der Waals surface area (Å²) in [6, 6.07) is 3.24. The molecule has 2 aliphatic heterocycles. The van der Waals surface area contributed by atoms with Gasteiger partial charge in [-0.15, -0.1) is 0 Å². The SMILES string of the molecule is O=[N+]([O-])c1ccc(F)cc1O[C@@H]1C[C@@H]2CC[C@H]1O2. The van der Waals surface area contributed by atoms with Crippen LogP contribution in [-0.2, 0) is 4.74 Å². The van der Waals surface area contributed by atoms with E-state index >= 15 is 0 Å². The minimum absolute atomic E-state index is 0.0128. The Bertz CT molecular complexity index is 493. The summed E-state index contributed by atoms with van der Waals surface area (Å²) in [5.74, 6) is -0.555. The number of ether oxygens (including phenoxy) is 2. The first kappa shape index (κ1) is 11.4. The molecule has 5 nitrogen and oxygen atoms in total. The maximum absolute atomic E-state index is 13.1. The van der Waals surface area contributed by atoms with Crippen molar-refractivity contribution in [2.45, 2.75) is 37.6 Å². The molecule has 2 aliphatic rings. The first-order valence-electron chi connectivity index (χ1n) is 5.89. The van der Waals surface area contributed by atoms with E-state index in [1.54, 1.807) is 0 Å². The molecule has 0 spiro atoms. The van der Waals surface area contributed by atoms with E-state index in [0.29, 0.717) is 0 Å². The highest BCUT2D eigenvalue weighted by Gasteiger charge is 2.42. The van der Waals surface area contributed by atoms with Gasteiger partial charge in [0.05, 0.1) is 17.1 Å². The molecule has 0 aliphatic carbocycles. The van der Waals surface area contributed by atoms with Crippen LogP contribution >= 0.6 is 0 Å². The molecule has 1 aromatic rings. The van der Waals surface area contributed by atoms with Crippen molar-refractivity contribution in [3.05, 3.63) is 34.1 Å². The number of nitrogens with zero attached hydrogens (tertiary/aromatic N) is 1. The Morgan fingerprint density at radius 2 is 2.28 bits per heavy atom. The lowest BCUT2D eigenvalue weighted by Gasteiger charge is -2.20. The summed E-state index contributed by atoms with van der Waals surface area (Å²) in [6.45, 7) is 0. The van der Waals surface area contributed by atoms with Gasteiger partial charge in [-0.2, -0.15) is 0 Å². The number of halogens is 1. The Labute approximate surface area is 103 Å². The van der Waals surface area contributed by atoms with Gasteiger partial charge >= 0.3 is 5.69 Å². The third-order valence-electron chi connectivity index (χ3n) is 3.45. The maximum Gasteiger partial charge on any atom is 0.311 e. The smallest absolute Gasteiger partial charge is 0.311 e. The van der Waals surface area contributed by atoms with E-state index in [-0.39, 0.29) is 29.7 Å². The number of nitro benzene ring substituents is 1. The Morgan fingerprint density at radius 1 is 1.44 bits per heavy atom. The molecule has 0 amide bonds. The molecule has 2 fully saturated rings. The average molecular weight is 253 g/mol. The van der Waals surface area contributed by atoms with Gasteiger partial charge < -0.3 is 9.47 Å². The molecule has 6 heteroatoms. The van der Waals surface area contributed by atoms with Crippen LogP contribution in [0.2, 0.25) is 0 Å². The van der Waals surface area contributed by atoms with E-state index in [1.165, 1.54) is 0 Å². The van der Waals surface area contributed by atoms with Crippen LogP contribution in [0.4, 0.5) is 10.1 Å². The van der Waals surface area contributed by atoms with Gasteiger partial charge in [-0.3, -0.25) is 10.1 Å². The van der Waals surface area contributed by atoms with E-state index in [2.05, 4.69) is 0 Å². The molecular weight excluding hydrogens is 241 g/mol. The third-order valence-corrected chi connectivity index (χ3v) is 3.45. The van der Waals surface area contributed by atoms with Crippen molar-refractivity contribution in [3.8, 4) is 5.75 Å². The fourth-order valence-corrected chi connectivity index (χ4v) is 2.61. The van der Waals surface area contributed by atoms with Crippen molar-refractivity contribution in [2.24, 2.45) is 0 Å². The van der Waals surface area contributed by atoms with Gasteiger partial charge in [-0.1, -0.05) is 0 Å². The second-order valence-electron chi connectivity index (χ2n) is 4.64. The van der Waals surface area contributed by atoms with E-state index in [0.717, 1.165) is 37.5 Å². The standard InChI is InChI=1S/C12H12FNO4/c13-7-1-3-9(14(15)16)11(5-7)18-12-6-8-2-4-10(12)17-8/h1,3,5,8,10,12H,2,4,6H2/t8-,10+,12+/m0/s1. The first-order valence-corrected chi connectivity index (χ1v) is 5.89. The van der Waals surface area contributed by atoms with Gasteiger partial charge in [0, 0.05) is 18.6 Å². The quantitative estimate of drug-likeness (QED) is 0.613. The zero-order valence-electron chi connectivity index (χ0n) is 9.54. The predicted octanol–water partition coefficient (Wildman–Crippen LogP) is 2.43. The molecule has 0 unspecified atom stereocenters. The summed E-state index contributed by atoms with van der Waals surface area (Å²) in [5.41, 5.74) is -0.209. The Morgan fingerprint density at radius 3 is 2.89 bits per heavy atom. The van der Waals surface area contributed by atoms with Crippen LogP contribution in [0.1, 0.15) is 19.3 Å². The number of nitro groups is 1. The molecule has 0 N–H and O–H groups in total. The summed E-state index contributed by atoms with van der Waals surface area (Å²) < 4.78 is 24.3. The molecule has 18 heavy (non-hydrogen) atoms. The second-order valence-corrected chi connectivity index (χ2v) is 4.64. The van der Waals surface area contributed by atoms with Crippen LogP contribution < -0.4 is 4.74 Å². The first-order chi connectivity index (χ1) is 8.63. The number of fused-ring (bicyclic) bond motifs is 2. The lowest BCUT2D eigenvalue weighted by atomic mass is 9.98. The molecule has 96 valence electrons. The van der Waals surface area contributed by atoms with Gasteiger partial charge in [0.2, 0.25) is 0 Å². The Balaban J connectivity index is 1.83. The largest absolute Gasteiger partial charge is 0.481 e. The minimum Gasteiger partial charge on any atom is -0.481 e. The summed E-state index contributed by atoms with van der Waals surface area (Å²) >= 11 is 0. The minimum atomic E-state index is -0.567. The molecule has 3 rings (SSSR count). The highest BCUT2D eigenvalue weighted by molar-refractivity contribution is 5.46. The van der Waals surface area contributed by atoms with Gasteiger partial charge in [-0.05, 0) is 18.9 Å². The molecule has 1 aromatic carbocycles. The highest BCUT2D eigenvalue weighted by Crippen LogP contribution is 2.38. The summed E-state index contributed by atoms with van der Waals surface area (Å²) in [7, 11) is 0. The van der Waals surface area contributed by atoms with Gasteiger partial charge in [0.15, 0.2) is 5.75 Å². The van der Waals surface area contributed by atoms with Crippen LogP contribution in [0.5, 0.6) is 5.75 Å². The summed E-state index contributed by atoms with van der Waals surface area (Å²) in [5, 5.41) is 10.8. The van der Waals surface area contributed by atoms with Crippen molar-refractivity contribution in [1.29, 1.82) is 0 Å². The molecule has 2 bridgehead atoms. The number of rotatable bonds is 3. The topological polar surface area (TPSA) is 61.6 Å². The zero-order valence-corrected chi connectivity index (χ0v) is 9.54. The Hall–Kier alpha value is -1.69. The van der Waals surface area contributed by atoms with Crippen LogP contribution in [0.15, 0.2) is 18.2 Å². The molecule has 0 aromatic heterocycles. The fourth-order valence-electron chi connectivity index (χ4n) is 2.61. The van der Waals surface area contributed by atoms with Crippen molar-refractivity contribution in [2.75, 3.05) is 0 Å². The normalized spacial score (nSPS) is 29.5. The average Bonchev–Trinajstić information content (AvgIpc) is 2.90. The van der Waals surface area contributed by atoms with Crippen LogP contribution in [-0.4, -0.2) is 23.2 Å². The third kappa shape index (κ3) is 1.92. The van der Waals surface area contributed by atoms with Gasteiger partial charge in [-0.25, -0.2) is 4.39 Å². The second kappa shape index (κ2) is 4.20. The van der Waals surface area contributed by atoms with E-state index in [4.69, 9.17) is 9.47 Å². The van der Waals surface area contributed by atoms with Crippen molar-refractivity contribution in [3.63, 3.8) is 0 Å². The van der Waals surface area contributed by atoms with E-state index in [9.17, 15) is 14.5 Å². The fraction of sp³-hybridized carbons (Fsp3) is 0.500. The maximum atomic E-state index is 13.1. The summed E-state index contributed by atoms with van der Waals surface area (Å²) in [6.07, 6.45) is 2.60. The molecule has 2 heterocycles. The lowest BCUT2D eigenvalue weighted by Crippen LogP contribution is -2.28. The molecule has 2 saturated heterocycles. The number of benzene rings is 1. The van der Waals surface area contributed by atoms with Crippen molar-refractivity contribution >= 4 is 5.69 Å². The van der Waals surface area contributed by atoms with Crippen LogP contribution in [0.25, 0.3) is 0 Å². The van der Waals surface area contributed by atoms with Gasteiger partial charge in [0.25, 0.3) is 0 Å². The number of hydrogen-bond donors (Lipinski definition) is 0. The monoisotopic (exact) mass is 253 g/mol. The van der Waals surface area contributed by atoms with E-state index < -0.39 is 10.7 Å². The van der Waals surface area contributed by atoms with Crippen molar-refractivity contribution < 1.29 is 18.8 Å². The lowest BCUT2D eigenvalue weighted by molar-refractivity contribution is -0.386. The zero-order chi connectivity index (χ0) is 12.7. The highest BCUT2D eigenvalue weighted by atomic mass is 19.1. The Kier molecular flexibility index (Phi) is 2.66. The molecular formula is C12H12FNO4. The van der Waals surface area contributed by atoms with E-state index in [1.807, 2.05) is 0 Å². The number of hydrogen-bond acceptors (Lipinski definition) is 4. The summed E-state index contributed by atoms with van der Waals surface area (Å²) in [4.78, 5) is 10.3. The van der Waals surface area contributed by atoms with Crippen molar-refractivity contribution in [1.82, 2.24) is 0 Å². The molecule has 0 saturated carbocycles. The van der Waals surface area contributed by atoms with Crippen LogP contribution in [0, 0.1) is 15.9 Å². The van der Waals surface area contributed by atoms with Crippen LogP contribution in [0.3, 0.4) is 0 Å². The molecule has 0 radical (unpaired) electrons. The molecule has 3 atom stereocenters.